The van der Waals surface area contributed by atoms with E-state index in [1.807, 2.05) is 36.4 Å². The molecule has 6 heteroatoms. The molecule has 15 aromatic rings. The first-order chi connectivity index (χ1) is 42.2. The molecule has 0 fully saturated rings. The number of fused-ring (bicyclic) bond motifs is 15. The number of benzene rings is 9. The second-order valence-electron chi connectivity index (χ2n) is 23.1. The van der Waals surface area contributed by atoms with Crippen molar-refractivity contribution in [2.24, 2.45) is 0 Å². The molecule has 0 amide bonds. The number of hydrogen-bond acceptors (Lipinski definition) is 4. The lowest BCUT2D eigenvalue weighted by Gasteiger charge is -2.33. The molecule has 0 bridgehead atoms. The molecule has 0 spiro atoms. The van der Waals surface area contributed by atoms with E-state index in [0.717, 1.165) is 146 Å². The third kappa shape index (κ3) is 7.20. The Hall–Kier alpha value is -10.8. The molecule has 1 unspecified atom stereocenters. The molecule has 6 nitrogen and oxygen atoms in total. The summed E-state index contributed by atoms with van der Waals surface area (Å²) in [6.07, 6.45) is 14.4. The maximum atomic E-state index is 7.14. The van der Waals surface area contributed by atoms with E-state index in [1.165, 1.54) is 49.0 Å². The number of rotatable bonds is 14. The molecule has 1 atom stereocenters. The van der Waals surface area contributed by atoms with Crippen molar-refractivity contribution in [3.05, 3.63) is 284 Å². The zero-order chi connectivity index (χ0) is 58.2. The van der Waals surface area contributed by atoms with Gasteiger partial charge < -0.3 is 27.4 Å². The molecular weight excluding hydrogens is 1050 g/mol. The van der Waals surface area contributed by atoms with E-state index in [9.17, 15) is 0 Å². The second kappa shape index (κ2) is 19.4. The van der Waals surface area contributed by atoms with Crippen molar-refractivity contribution in [1.29, 1.82) is 0 Å². The number of aryl methyl sites for hydroxylation is 2. The van der Waals surface area contributed by atoms with Crippen LogP contribution in [0.25, 0.3) is 139 Å². The molecule has 0 saturated carbocycles. The number of nitrogens with zero attached hydrogens (tertiary/aromatic N) is 4. The quantitative estimate of drug-likeness (QED) is 0.0804. The van der Waals surface area contributed by atoms with E-state index >= 15 is 0 Å². The first kappa shape index (κ1) is 50.9. The number of hydrogen-bond donors (Lipinski definition) is 0. The minimum atomic E-state index is -0.171. The van der Waals surface area contributed by atoms with E-state index in [-0.39, 0.29) is 6.04 Å². The maximum Gasteiger partial charge on any atom is 0.159 e. The Labute approximate surface area is 497 Å². The standard InChI is InChI=1S/C80H60N4O2/c1-9-23-53(11-3)81(73-47(5)37-40-64-62-35-19-29-56(77(62)85-79(64)73)51-25-15-13-16-26-51)49(7)43-66-50(8)82-71-45-69-61-34-22-32-59-67-44-55(39-42-70(67)84(76(59)61)72(69)46-68(71)60-33-21-31-58(66)75(60)82)83(54(12-4)24-10-2)74-48(6)38-41-65-63-36-20-30-57(78(63)86-80(65)74)52-27-17-14-18-28-52/h9-22,24-37,39-40,42-46,53H,1-4,7-8,23,38,41H2,5-6H3/b54-24+,66-43+. The fourth-order valence-electron chi connectivity index (χ4n) is 14.6. The van der Waals surface area contributed by atoms with Crippen LogP contribution >= 0.6 is 0 Å². The Morgan fingerprint density at radius 1 is 0.570 bits per heavy atom. The molecule has 1 aliphatic rings. The summed E-state index contributed by atoms with van der Waals surface area (Å²) in [7, 11) is 0. The van der Waals surface area contributed by atoms with Crippen LogP contribution in [0.4, 0.5) is 11.4 Å². The molecule has 86 heavy (non-hydrogen) atoms. The highest BCUT2D eigenvalue weighted by atomic mass is 16.3. The average Bonchev–Trinajstić information content (AvgIpc) is 1.54. The molecule has 9 aromatic carbocycles. The third-order valence-electron chi connectivity index (χ3n) is 18.4. The zero-order valence-electron chi connectivity index (χ0n) is 48.3. The van der Waals surface area contributed by atoms with Crippen LogP contribution in [0, 0.1) is 6.92 Å². The highest BCUT2D eigenvalue weighted by Crippen LogP contribution is 2.49. The Balaban J connectivity index is 0.848. The summed E-state index contributed by atoms with van der Waals surface area (Å²) in [5, 5.41) is 13.4. The highest BCUT2D eigenvalue weighted by molar-refractivity contribution is 6.27. The minimum absolute atomic E-state index is 0.171. The van der Waals surface area contributed by atoms with Crippen LogP contribution in [0.1, 0.15) is 36.7 Å². The summed E-state index contributed by atoms with van der Waals surface area (Å²) < 4.78 is 19.1. The SMILES string of the molecule is C=C/C=C(\C=C)N(C1=C(C)CCc2c1oc1c(-c3ccccc3)cccc21)c1ccc2c(c1)c1cccc3c4cc5c(cc4n2c13)c1cccc2/c(=C/C(=C)N(c3c(C)ccc4c3oc3c(-c6ccccc6)cccc34)C(C=C)CC=C)c(=C)n5c21. The predicted octanol–water partition coefficient (Wildman–Crippen LogP) is 19.9. The van der Waals surface area contributed by atoms with Crippen LogP contribution in [-0.2, 0) is 6.42 Å². The van der Waals surface area contributed by atoms with Gasteiger partial charge in [-0.1, -0.05) is 190 Å². The Kier molecular flexibility index (Phi) is 11.5. The molecule has 16 rings (SSSR count). The maximum absolute atomic E-state index is 7.14. The molecule has 0 saturated heterocycles. The normalized spacial score (nSPS) is 13.7. The van der Waals surface area contributed by atoms with Gasteiger partial charge in [-0.15, -0.1) is 13.2 Å². The van der Waals surface area contributed by atoms with E-state index in [1.54, 1.807) is 0 Å². The third-order valence-corrected chi connectivity index (χ3v) is 18.4. The Bertz CT molecular complexity index is 5600. The van der Waals surface area contributed by atoms with Crippen molar-refractivity contribution in [2.75, 3.05) is 9.80 Å². The monoisotopic (exact) mass is 1110 g/mol. The predicted molar refractivity (Wildman–Crippen MR) is 365 cm³/mol. The van der Waals surface area contributed by atoms with Gasteiger partial charge in [0.25, 0.3) is 0 Å². The van der Waals surface area contributed by atoms with E-state index in [4.69, 9.17) is 22.0 Å². The fourth-order valence-corrected chi connectivity index (χ4v) is 14.6. The van der Waals surface area contributed by atoms with E-state index < -0.39 is 0 Å². The lowest BCUT2D eigenvalue weighted by molar-refractivity contribution is 0.586. The van der Waals surface area contributed by atoms with Crippen LogP contribution in [0.15, 0.2) is 265 Å². The van der Waals surface area contributed by atoms with Crippen LogP contribution < -0.4 is 20.4 Å². The van der Waals surface area contributed by atoms with Crippen LogP contribution in [0.3, 0.4) is 0 Å². The van der Waals surface area contributed by atoms with Gasteiger partial charge in [-0.25, -0.2) is 0 Å². The van der Waals surface area contributed by atoms with Crippen molar-refractivity contribution >= 4 is 128 Å². The first-order valence-electron chi connectivity index (χ1n) is 29.6. The van der Waals surface area contributed by atoms with Crippen LogP contribution in [0.2, 0.25) is 0 Å². The number of para-hydroxylation sites is 4. The lowest BCUT2D eigenvalue weighted by Crippen LogP contribution is -2.34. The zero-order valence-corrected chi connectivity index (χ0v) is 48.3. The van der Waals surface area contributed by atoms with Gasteiger partial charge in [0, 0.05) is 98.2 Å². The van der Waals surface area contributed by atoms with Gasteiger partial charge in [-0.05, 0) is 104 Å². The Morgan fingerprint density at radius 2 is 1.16 bits per heavy atom. The summed E-state index contributed by atoms with van der Waals surface area (Å²) in [6, 6.07) is 63.3. The Morgan fingerprint density at radius 3 is 1.81 bits per heavy atom. The number of allylic oxidation sites excluding steroid dienone is 5. The van der Waals surface area contributed by atoms with Gasteiger partial charge in [0.05, 0.1) is 45.0 Å². The van der Waals surface area contributed by atoms with E-state index in [0.29, 0.717) is 6.42 Å². The van der Waals surface area contributed by atoms with Gasteiger partial charge in [-0.3, -0.25) is 0 Å². The van der Waals surface area contributed by atoms with Gasteiger partial charge in [-0.2, -0.15) is 0 Å². The molecule has 412 valence electrons. The minimum Gasteiger partial charge on any atom is -0.454 e. The number of furan rings is 2. The van der Waals surface area contributed by atoms with Gasteiger partial charge in [0.15, 0.2) is 11.3 Å². The summed E-state index contributed by atoms with van der Waals surface area (Å²) in [5.74, 6) is 0.898. The molecular formula is C80H60N4O2. The number of anilines is 2. The summed E-state index contributed by atoms with van der Waals surface area (Å²) in [6.45, 7) is 31.2. The summed E-state index contributed by atoms with van der Waals surface area (Å²) in [5.41, 5.74) is 21.0. The molecule has 1 aliphatic carbocycles. The molecule has 0 aliphatic heterocycles. The largest absolute Gasteiger partial charge is 0.454 e. The second-order valence-corrected chi connectivity index (χ2v) is 23.1. The first-order valence-corrected chi connectivity index (χ1v) is 29.6. The highest BCUT2D eigenvalue weighted by Gasteiger charge is 2.32. The van der Waals surface area contributed by atoms with Gasteiger partial charge >= 0.3 is 0 Å². The van der Waals surface area contributed by atoms with Crippen LogP contribution in [-0.4, -0.2) is 14.8 Å². The molecule has 0 N–H and O–H groups in total. The lowest BCUT2D eigenvalue weighted by atomic mass is 9.91. The fraction of sp³-hybridized carbons (Fsp3) is 0.0750. The van der Waals surface area contributed by atoms with Crippen molar-refractivity contribution in [3.63, 3.8) is 0 Å². The summed E-state index contributed by atoms with van der Waals surface area (Å²) in [4.78, 5) is 4.62. The number of aromatic nitrogens is 2. The summed E-state index contributed by atoms with van der Waals surface area (Å²) >= 11 is 0. The smallest absolute Gasteiger partial charge is 0.159 e. The average molecular weight is 1110 g/mol. The van der Waals surface area contributed by atoms with E-state index in [2.05, 4.69) is 235 Å². The van der Waals surface area contributed by atoms with Crippen LogP contribution in [0.5, 0.6) is 0 Å². The molecule has 0 radical (unpaired) electrons. The topological polar surface area (TPSA) is 41.6 Å². The van der Waals surface area contributed by atoms with Gasteiger partial charge in [0.1, 0.15) is 11.2 Å². The van der Waals surface area contributed by atoms with Crippen molar-refractivity contribution in [1.82, 2.24) is 8.80 Å². The molecule has 6 aromatic heterocycles. The van der Waals surface area contributed by atoms with Crippen molar-refractivity contribution < 1.29 is 8.83 Å². The van der Waals surface area contributed by atoms with Crippen molar-refractivity contribution in [2.45, 2.75) is 39.2 Å². The van der Waals surface area contributed by atoms with Crippen molar-refractivity contribution in [3.8, 4) is 22.3 Å². The molecule has 6 heterocycles. The van der Waals surface area contributed by atoms with Gasteiger partial charge in [0.2, 0.25) is 0 Å².